The molecule has 2 bridgehead atoms. The molecular formula is C5H5N. The topological polar surface area (TPSA) is 3.01 Å². The molecule has 30 valence electrons. The summed E-state index contributed by atoms with van der Waals surface area (Å²) in [6.45, 7) is 0. The van der Waals surface area contributed by atoms with E-state index in [2.05, 4.69) is 17.1 Å². The molecule has 0 N–H and O–H groups in total. The molecule has 2 fully saturated rings. The maximum Gasteiger partial charge on any atom is 0.0492 e. The van der Waals surface area contributed by atoms with Gasteiger partial charge in [0.15, 0.2) is 0 Å². The Morgan fingerprint density at radius 1 is 1.17 bits per heavy atom. The highest BCUT2D eigenvalue weighted by atomic mass is 15.5. The zero-order valence-corrected chi connectivity index (χ0v) is 3.33. The molecule has 1 heteroatoms. The smallest absolute Gasteiger partial charge is 0.0492 e. The van der Waals surface area contributed by atoms with Crippen LogP contribution in [0.3, 0.4) is 0 Å². The van der Waals surface area contributed by atoms with Gasteiger partial charge in [-0.2, -0.15) is 0 Å². The second kappa shape index (κ2) is 0.343. The van der Waals surface area contributed by atoms with Crippen molar-refractivity contribution in [3.63, 3.8) is 0 Å². The van der Waals surface area contributed by atoms with Crippen molar-refractivity contribution in [1.82, 2.24) is 4.90 Å². The Kier molecular flexibility index (Phi) is 0.121. The van der Waals surface area contributed by atoms with E-state index < -0.39 is 0 Å². The third-order valence-electron chi connectivity index (χ3n) is 2.06. The summed E-state index contributed by atoms with van der Waals surface area (Å²) in [6, 6.07) is 2.87. The molecule has 0 aromatic carbocycles. The highest BCUT2D eigenvalue weighted by Gasteiger charge is 2.72. The molecule has 2 unspecified atom stereocenters. The Balaban J connectivity index is 2.35. The van der Waals surface area contributed by atoms with Crippen LogP contribution in [0.4, 0.5) is 0 Å². The molecule has 4 aliphatic rings. The SMILES string of the molecule is C1=CC2C3C1N23. The average molecular weight is 79.1 g/mol. The van der Waals surface area contributed by atoms with Crippen molar-refractivity contribution in [2.45, 2.75) is 18.1 Å². The molecule has 0 amide bonds. The van der Waals surface area contributed by atoms with Gasteiger partial charge >= 0.3 is 0 Å². The summed E-state index contributed by atoms with van der Waals surface area (Å²) in [4.78, 5) is 2.50. The first-order valence-electron chi connectivity index (χ1n) is 2.44. The van der Waals surface area contributed by atoms with Crippen LogP contribution < -0.4 is 0 Å². The lowest BCUT2D eigenvalue weighted by molar-refractivity contribution is 0.686. The molecule has 1 aliphatic carbocycles. The van der Waals surface area contributed by atoms with Gasteiger partial charge in [-0.15, -0.1) is 0 Å². The van der Waals surface area contributed by atoms with Gasteiger partial charge in [0.25, 0.3) is 0 Å². The number of hydrogen-bond acceptors (Lipinski definition) is 1. The third kappa shape index (κ3) is 0.0629. The predicted molar refractivity (Wildman–Crippen MR) is 22.3 cm³/mol. The lowest BCUT2D eigenvalue weighted by Gasteiger charge is -1.84. The van der Waals surface area contributed by atoms with Crippen molar-refractivity contribution in [3.8, 4) is 0 Å². The first kappa shape index (κ1) is 2.12. The van der Waals surface area contributed by atoms with Crippen LogP contribution in [-0.2, 0) is 0 Å². The molecule has 0 saturated carbocycles. The second-order valence-corrected chi connectivity index (χ2v) is 2.30. The van der Waals surface area contributed by atoms with Crippen LogP contribution in [0.25, 0.3) is 0 Å². The van der Waals surface area contributed by atoms with Gasteiger partial charge in [-0.3, -0.25) is 4.90 Å². The normalized spacial score (nSPS) is 77.3. The molecule has 0 aromatic rings. The van der Waals surface area contributed by atoms with Gasteiger partial charge in [-0.05, 0) is 0 Å². The zero-order chi connectivity index (χ0) is 3.72. The first-order chi connectivity index (χ1) is 2.98. The predicted octanol–water partition coefficient (Wildman–Crippen LogP) is -0.00880. The van der Waals surface area contributed by atoms with Crippen molar-refractivity contribution < 1.29 is 0 Å². The monoisotopic (exact) mass is 79.0 g/mol. The summed E-state index contributed by atoms with van der Waals surface area (Å²) in [6.07, 6.45) is 4.63. The molecule has 2 atom stereocenters. The van der Waals surface area contributed by atoms with Crippen LogP contribution in [0.5, 0.6) is 0 Å². The first-order valence-corrected chi connectivity index (χ1v) is 2.44. The van der Waals surface area contributed by atoms with Crippen LogP contribution >= 0.6 is 0 Å². The summed E-state index contributed by atoms with van der Waals surface area (Å²) in [5.41, 5.74) is 0. The Hall–Kier alpha value is -0.300. The summed E-state index contributed by atoms with van der Waals surface area (Å²) >= 11 is 0. The standard InChI is InChI=1S/C5H5N/c1-2-4-5-3(1)6(4)5/h1-5H. The maximum atomic E-state index is 2.50. The maximum absolute atomic E-state index is 2.50. The van der Waals surface area contributed by atoms with E-state index in [0.717, 1.165) is 18.1 Å². The fourth-order valence-electron chi connectivity index (χ4n) is 1.53. The fourth-order valence-corrected chi connectivity index (χ4v) is 1.53. The van der Waals surface area contributed by atoms with E-state index in [1.54, 1.807) is 0 Å². The van der Waals surface area contributed by atoms with Gasteiger partial charge in [0.05, 0.1) is 0 Å². The molecule has 3 aliphatic heterocycles. The number of nitrogens with zero attached hydrogens (tertiary/aromatic N) is 1. The average Bonchev–Trinajstić information content (AvgIpc) is 2.30. The van der Waals surface area contributed by atoms with Crippen molar-refractivity contribution in [2.75, 3.05) is 0 Å². The third-order valence-corrected chi connectivity index (χ3v) is 2.06. The van der Waals surface area contributed by atoms with E-state index >= 15 is 0 Å². The van der Waals surface area contributed by atoms with E-state index in [0.29, 0.717) is 0 Å². The molecule has 1 nitrogen and oxygen atoms in total. The van der Waals surface area contributed by atoms with Gasteiger partial charge in [0.2, 0.25) is 0 Å². The molecular weight excluding hydrogens is 74.1 g/mol. The summed E-state index contributed by atoms with van der Waals surface area (Å²) in [7, 11) is 0. The Morgan fingerprint density at radius 3 is 1.83 bits per heavy atom. The van der Waals surface area contributed by atoms with Crippen molar-refractivity contribution in [2.24, 2.45) is 0 Å². The lowest BCUT2D eigenvalue weighted by atomic mass is 10.3. The van der Waals surface area contributed by atoms with E-state index in [1.165, 1.54) is 0 Å². The van der Waals surface area contributed by atoms with Crippen LogP contribution in [0, 0.1) is 0 Å². The van der Waals surface area contributed by atoms with Crippen LogP contribution in [0.2, 0.25) is 0 Å². The highest BCUT2D eigenvalue weighted by Crippen LogP contribution is 2.57. The van der Waals surface area contributed by atoms with Gasteiger partial charge in [-0.25, -0.2) is 0 Å². The quantitative estimate of drug-likeness (QED) is 0.291. The largest absolute Gasteiger partial charge is 0.281 e. The number of hydrogen-bond donors (Lipinski definition) is 0. The molecule has 3 heterocycles. The van der Waals surface area contributed by atoms with Crippen molar-refractivity contribution in [3.05, 3.63) is 12.2 Å². The van der Waals surface area contributed by atoms with Crippen LogP contribution in [0.1, 0.15) is 0 Å². The molecule has 4 rings (SSSR count). The molecule has 2 saturated heterocycles. The minimum absolute atomic E-state index is 0.926. The summed E-state index contributed by atoms with van der Waals surface area (Å²) in [5, 5.41) is 0. The number of rotatable bonds is 0. The molecule has 6 heavy (non-hydrogen) atoms. The van der Waals surface area contributed by atoms with E-state index in [-0.39, 0.29) is 0 Å². The van der Waals surface area contributed by atoms with Crippen LogP contribution in [0.15, 0.2) is 12.2 Å². The highest BCUT2D eigenvalue weighted by molar-refractivity contribution is 5.45. The summed E-state index contributed by atoms with van der Waals surface area (Å²) in [5.74, 6) is 0. The summed E-state index contributed by atoms with van der Waals surface area (Å²) < 4.78 is 0. The second-order valence-electron chi connectivity index (χ2n) is 2.30. The van der Waals surface area contributed by atoms with Crippen molar-refractivity contribution >= 4 is 0 Å². The van der Waals surface area contributed by atoms with E-state index in [9.17, 15) is 0 Å². The zero-order valence-electron chi connectivity index (χ0n) is 3.33. The van der Waals surface area contributed by atoms with Crippen LogP contribution in [-0.4, -0.2) is 23.0 Å². The van der Waals surface area contributed by atoms with Gasteiger partial charge in [-0.1, -0.05) is 12.2 Å². The minimum Gasteiger partial charge on any atom is -0.281 e. The Labute approximate surface area is 36.3 Å². The van der Waals surface area contributed by atoms with Crippen molar-refractivity contribution in [1.29, 1.82) is 0 Å². The Bertz CT molecular complexity index is 115. The van der Waals surface area contributed by atoms with E-state index in [4.69, 9.17) is 0 Å². The Morgan fingerprint density at radius 2 is 1.67 bits per heavy atom. The molecule has 0 spiro atoms. The van der Waals surface area contributed by atoms with Gasteiger partial charge in [0, 0.05) is 18.1 Å². The van der Waals surface area contributed by atoms with E-state index in [1.807, 2.05) is 0 Å². The van der Waals surface area contributed by atoms with Gasteiger partial charge in [0.1, 0.15) is 0 Å². The molecule has 0 aromatic heterocycles. The fraction of sp³-hybridized carbons (Fsp3) is 0.600. The van der Waals surface area contributed by atoms with Gasteiger partial charge < -0.3 is 0 Å². The molecule has 0 radical (unpaired) electrons. The lowest BCUT2D eigenvalue weighted by Crippen LogP contribution is -2.01. The minimum atomic E-state index is 0.926.